The van der Waals surface area contributed by atoms with Crippen molar-refractivity contribution < 1.29 is 64.2 Å². The molecule has 2 aliphatic rings. The van der Waals surface area contributed by atoms with Crippen LogP contribution in [0.1, 0.15) is 19.4 Å². The molecule has 2 aliphatic heterocycles. The minimum Gasteiger partial charge on any atom is -0.504 e. The van der Waals surface area contributed by atoms with Gasteiger partial charge >= 0.3 is 5.97 Å². The van der Waals surface area contributed by atoms with Crippen LogP contribution in [0.3, 0.4) is 0 Å². The average molecular weight is 516 g/mol. The fourth-order valence-corrected chi connectivity index (χ4v) is 3.60. The van der Waals surface area contributed by atoms with Gasteiger partial charge < -0.3 is 59.4 Å². The first-order valence-electron chi connectivity index (χ1n) is 11.3. The van der Waals surface area contributed by atoms with Crippen LogP contribution in [-0.2, 0) is 28.5 Å². The van der Waals surface area contributed by atoms with Crippen molar-refractivity contribution in [3.63, 3.8) is 0 Å². The van der Waals surface area contributed by atoms with Crippen molar-refractivity contribution in [3.8, 4) is 11.5 Å². The molecular formula is C23H32O13. The number of hydrogen-bond donors (Lipinski definition) is 7. The summed E-state index contributed by atoms with van der Waals surface area (Å²) in [5.74, 6) is -1.53. The molecule has 0 amide bonds. The van der Waals surface area contributed by atoms with E-state index < -0.39 is 67.9 Å². The molecule has 13 heteroatoms. The number of phenolic OH excluding ortho intramolecular Hbond substituents is 2. The molecule has 2 heterocycles. The number of rotatable bonds is 9. The van der Waals surface area contributed by atoms with Crippen LogP contribution in [0.15, 0.2) is 24.3 Å². The van der Waals surface area contributed by atoms with Gasteiger partial charge in [-0.1, -0.05) is 6.07 Å². The lowest BCUT2D eigenvalue weighted by Gasteiger charge is -2.41. The zero-order chi connectivity index (χ0) is 26.6. The molecule has 36 heavy (non-hydrogen) atoms. The summed E-state index contributed by atoms with van der Waals surface area (Å²) in [5, 5.41) is 70.2. The van der Waals surface area contributed by atoms with Crippen molar-refractivity contribution in [2.45, 2.75) is 68.7 Å². The largest absolute Gasteiger partial charge is 0.504 e. The molecule has 0 radical (unpaired) electrons. The Morgan fingerprint density at radius 2 is 1.83 bits per heavy atom. The van der Waals surface area contributed by atoms with Crippen LogP contribution in [-0.4, -0.2) is 116 Å². The van der Waals surface area contributed by atoms with Crippen LogP contribution in [0.5, 0.6) is 11.5 Å². The lowest BCUT2D eigenvalue weighted by Crippen LogP contribution is -2.60. The van der Waals surface area contributed by atoms with Crippen LogP contribution in [0.4, 0.5) is 0 Å². The van der Waals surface area contributed by atoms with E-state index in [9.17, 15) is 40.5 Å². The minimum absolute atomic E-state index is 0.314. The highest BCUT2D eigenvalue weighted by Crippen LogP contribution is 2.29. The monoisotopic (exact) mass is 516 g/mol. The summed E-state index contributed by atoms with van der Waals surface area (Å²) in [6.45, 7) is 1.95. The normalized spacial score (nSPS) is 34.9. The molecule has 3 rings (SSSR count). The van der Waals surface area contributed by atoms with Gasteiger partial charge in [0.2, 0.25) is 0 Å². The lowest BCUT2D eigenvalue weighted by molar-refractivity contribution is -0.316. The fourth-order valence-electron chi connectivity index (χ4n) is 3.60. The zero-order valence-corrected chi connectivity index (χ0v) is 19.7. The van der Waals surface area contributed by atoms with E-state index in [1.807, 2.05) is 0 Å². The van der Waals surface area contributed by atoms with Crippen LogP contribution in [0.2, 0.25) is 0 Å². The Morgan fingerprint density at radius 1 is 1.11 bits per heavy atom. The van der Waals surface area contributed by atoms with Gasteiger partial charge in [0.15, 0.2) is 29.7 Å². The molecule has 202 valence electrons. The molecular weight excluding hydrogens is 484 g/mol. The van der Waals surface area contributed by atoms with Gasteiger partial charge in [-0.25, -0.2) is 4.79 Å². The summed E-state index contributed by atoms with van der Waals surface area (Å²) in [6.07, 6.45) is -7.93. The third-order valence-corrected chi connectivity index (χ3v) is 5.68. The number of hydrogen-bond acceptors (Lipinski definition) is 13. The second kappa shape index (κ2) is 11.8. The van der Waals surface area contributed by atoms with Gasteiger partial charge in [0.25, 0.3) is 0 Å². The number of aliphatic hydroxyl groups excluding tert-OH is 4. The second-order valence-electron chi connectivity index (χ2n) is 8.95. The summed E-state index contributed by atoms with van der Waals surface area (Å²) in [5.41, 5.74) is -1.58. The fraction of sp³-hybridized carbons (Fsp3) is 0.609. The van der Waals surface area contributed by atoms with E-state index in [2.05, 4.69) is 0 Å². The van der Waals surface area contributed by atoms with Crippen LogP contribution < -0.4 is 0 Å². The number of carbonyl (C=O) groups is 1. The molecule has 0 bridgehead atoms. The third kappa shape index (κ3) is 6.70. The summed E-state index contributed by atoms with van der Waals surface area (Å²) in [4.78, 5) is 12.0. The summed E-state index contributed by atoms with van der Waals surface area (Å²) in [6, 6.07) is 3.92. The van der Waals surface area contributed by atoms with Gasteiger partial charge in [0.1, 0.15) is 37.1 Å². The number of esters is 1. The summed E-state index contributed by atoms with van der Waals surface area (Å²) < 4.78 is 26.6. The van der Waals surface area contributed by atoms with Crippen LogP contribution in [0, 0.1) is 0 Å². The van der Waals surface area contributed by atoms with Crippen molar-refractivity contribution in [2.75, 3.05) is 19.8 Å². The van der Waals surface area contributed by atoms with Gasteiger partial charge in [-0.05, 0) is 37.6 Å². The standard InChI is InChI=1S/C23H32O13/c1-11(2)35-21-19(29)18(28)17(27)15(36-21)8-32-22-20(30)23(31,10-34-22)9-33-16(26)6-4-12-3-5-13(24)14(25)7-12/h3-7,11,15,17-22,24-25,27-31H,8-10H2,1-2H3/b6-4+/t15-,17-,18+,19-,20+,21-,22-,23-/m1/s1. The summed E-state index contributed by atoms with van der Waals surface area (Å²) >= 11 is 0. The van der Waals surface area contributed by atoms with E-state index in [4.69, 9.17) is 23.7 Å². The Balaban J connectivity index is 1.50. The molecule has 1 aromatic carbocycles. The molecule has 8 atom stereocenters. The highest BCUT2D eigenvalue weighted by atomic mass is 16.7. The molecule has 0 spiro atoms. The minimum atomic E-state index is -1.99. The lowest BCUT2D eigenvalue weighted by atomic mass is 9.99. The Labute approximate surface area is 206 Å². The Bertz CT molecular complexity index is 921. The Kier molecular flexibility index (Phi) is 9.27. The first-order valence-corrected chi connectivity index (χ1v) is 11.3. The van der Waals surface area contributed by atoms with Gasteiger partial charge in [-0.15, -0.1) is 0 Å². The number of carbonyl (C=O) groups excluding carboxylic acids is 1. The van der Waals surface area contributed by atoms with Gasteiger partial charge in [-0.3, -0.25) is 0 Å². The maximum absolute atomic E-state index is 12.0. The van der Waals surface area contributed by atoms with Crippen LogP contribution >= 0.6 is 0 Å². The molecule has 2 saturated heterocycles. The van der Waals surface area contributed by atoms with E-state index in [1.54, 1.807) is 13.8 Å². The van der Waals surface area contributed by atoms with Crippen molar-refractivity contribution in [1.29, 1.82) is 0 Å². The van der Waals surface area contributed by atoms with Gasteiger partial charge in [0.05, 0.1) is 19.3 Å². The quantitative estimate of drug-likeness (QED) is 0.112. The highest BCUT2D eigenvalue weighted by molar-refractivity contribution is 5.87. The van der Waals surface area contributed by atoms with E-state index >= 15 is 0 Å². The van der Waals surface area contributed by atoms with Crippen LogP contribution in [0.25, 0.3) is 6.08 Å². The summed E-state index contributed by atoms with van der Waals surface area (Å²) in [7, 11) is 0. The van der Waals surface area contributed by atoms with Gasteiger partial charge in [0, 0.05) is 6.08 Å². The predicted molar refractivity (Wildman–Crippen MR) is 119 cm³/mol. The van der Waals surface area contributed by atoms with E-state index in [0.29, 0.717) is 5.56 Å². The van der Waals surface area contributed by atoms with Crippen molar-refractivity contribution >= 4 is 12.0 Å². The van der Waals surface area contributed by atoms with E-state index in [1.165, 1.54) is 24.3 Å². The molecule has 7 N–H and O–H groups in total. The smallest absolute Gasteiger partial charge is 0.330 e. The van der Waals surface area contributed by atoms with E-state index in [0.717, 1.165) is 6.08 Å². The zero-order valence-electron chi connectivity index (χ0n) is 19.7. The SMILES string of the molecule is CC(C)O[C@@H]1O[C@H](CO[C@@H]2OC[C@](O)(COC(=O)/C=C/c3ccc(O)c(O)c3)[C@H]2O)[C@@H](O)[C@H](O)[C@H]1O. The molecule has 0 aromatic heterocycles. The number of benzene rings is 1. The maximum Gasteiger partial charge on any atom is 0.330 e. The number of aromatic hydroxyl groups is 2. The topological polar surface area (TPSA) is 205 Å². The molecule has 13 nitrogen and oxygen atoms in total. The molecule has 0 aliphatic carbocycles. The highest BCUT2D eigenvalue weighted by Gasteiger charge is 2.51. The molecule has 0 saturated carbocycles. The third-order valence-electron chi connectivity index (χ3n) is 5.68. The second-order valence-corrected chi connectivity index (χ2v) is 8.95. The number of aliphatic hydroxyl groups is 5. The van der Waals surface area contributed by atoms with Crippen molar-refractivity contribution in [2.24, 2.45) is 0 Å². The predicted octanol–water partition coefficient (Wildman–Crippen LogP) is -1.65. The molecule has 2 fully saturated rings. The number of ether oxygens (including phenoxy) is 5. The Morgan fingerprint density at radius 3 is 2.50 bits per heavy atom. The van der Waals surface area contributed by atoms with Crippen molar-refractivity contribution in [3.05, 3.63) is 29.8 Å². The van der Waals surface area contributed by atoms with Crippen molar-refractivity contribution in [1.82, 2.24) is 0 Å². The first-order chi connectivity index (χ1) is 16.9. The molecule has 1 aromatic rings. The van der Waals surface area contributed by atoms with E-state index in [-0.39, 0.29) is 24.2 Å². The average Bonchev–Trinajstić information content (AvgIpc) is 3.11. The molecule has 0 unspecified atom stereocenters. The maximum atomic E-state index is 12.0. The first kappa shape index (κ1) is 28.2. The Hall–Kier alpha value is -2.33. The van der Waals surface area contributed by atoms with Gasteiger partial charge in [-0.2, -0.15) is 0 Å². The number of phenols is 2.